The highest BCUT2D eigenvalue weighted by Crippen LogP contribution is 2.45. The summed E-state index contributed by atoms with van der Waals surface area (Å²) >= 11 is 0. The Labute approximate surface area is 124 Å². The molecule has 0 spiro atoms. The standard InChI is InChI=1S/C16H21NO4/c1-20-16(19)10-4-5-14-12(9-10)15-11(6-8-21-15)13(17-14)3-2-7-18/h4-5,9,11,13,15,17-18H,2-3,6-8H2,1H3/t11-,13+,15-/m0/s1. The van der Waals surface area contributed by atoms with Gasteiger partial charge in [-0.2, -0.15) is 0 Å². The van der Waals surface area contributed by atoms with Crippen LogP contribution in [0.25, 0.3) is 0 Å². The number of aliphatic hydroxyl groups is 1. The van der Waals surface area contributed by atoms with Gasteiger partial charge in [0.1, 0.15) is 0 Å². The molecule has 0 amide bonds. The Morgan fingerprint density at radius 2 is 2.38 bits per heavy atom. The number of carbonyl (C=O) groups is 1. The van der Waals surface area contributed by atoms with E-state index in [-0.39, 0.29) is 18.7 Å². The van der Waals surface area contributed by atoms with Gasteiger partial charge in [0.05, 0.1) is 18.8 Å². The predicted octanol–water partition coefficient (Wildman–Crippen LogP) is 2.12. The summed E-state index contributed by atoms with van der Waals surface area (Å²) in [5.74, 6) is 0.0756. The third-order valence-corrected chi connectivity index (χ3v) is 4.45. The number of methoxy groups -OCH3 is 1. The minimum atomic E-state index is -0.324. The number of rotatable bonds is 4. The number of esters is 1. The molecule has 2 heterocycles. The molecule has 114 valence electrons. The molecule has 2 aliphatic rings. The third-order valence-electron chi connectivity index (χ3n) is 4.45. The molecule has 21 heavy (non-hydrogen) atoms. The topological polar surface area (TPSA) is 67.8 Å². The first kappa shape index (κ1) is 14.4. The molecule has 0 saturated carbocycles. The monoisotopic (exact) mass is 291 g/mol. The summed E-state index contributed by atoms with van der Waals surface area (Å²) in [6, 6.07) is 5.89. The summed E-state index contributed by atoms with van der Waals surface area (Å²) in [5, 5.41) is 12.6. The number of hydrogen-bond acceptors (Lipinski definition) is 5. The molecule has 2 aliphatic heterocycles. The minimum Gasteiger partial charge on any atom is -0.465 e. The molecule has 0 aromatic heterocycles. The molecule has 1 fully saturated rings. The lowest BCUT2D eigenvalue weighted by molar-refractivity contribution is 0.0598. The molecule has 1 aromatic carbocycles. The smallest absolute Gasteiger partial charge is 0.337 e. The fourth-order valence-electron chi connectivity index (χ4n) is 3.42. The molecule has 1 aromatic rings. The number of anilines is 1. The van der Waals surface area contributed by atoms with Gasteiger partial charge < -0.3 is 19.9 Å². The van der Waals surface area contributed by atoms with E-state index < -0.39 is 0 Å². The van der Waals surface area contributed by atoms with Crippen LogP contribution in [-0.2, 0) is 9.47 Å². The summed E-state index contributed by atoms with van der Waals surface area (Å²) in [5.41, 5.74) is 2.62. The summed E-state index contributed by atoms with van der Waals surface area (Å²) in [4.78, 5) is 11.7. The van der Waals surface area contributed by atoms with E-state index in [9.17, 15) is 4.79 Å². The van der Waals surface area contributed by atoms with E-state index >= 15 is 0 Å². The zero-order valence-electron chi connectivity index (χ0n) is 12.2. The Balaban J connectivity index is 1.90. The lowest BCUT2D eigenvalue weighted by Gasteiger charge is -2.36. The van der Waals surface area contributed by atoms with Crippen molar-refractivity contribution in [2.24, 2.45) is 5.92 Å². The number of aliphatic hydroxyl groups excluding tert-OH is 1. The van der Waals surface area contributed by atoms with Crippen molar-refractivity contribution in [2.45, 2.75) is 31.4 Å². The molecule has 5 heteroatoms. The fraction of sp³-hybridized carbons (Fsp3) is 0.562. The van der Waals surface area contributed by atoms with Crippen LogP contribution in [0.3, 0.4) is 0 Å². The molecule has 0 radical (unpaired) electrons. The maximum absolute atomic E-state index is 11.7. The normalized spacial score (nSPS) is 26.7. The molecule has 0 aliphatic carbocycles. The number of benzene rings is 1. The van der Waals surface area contributed by atoms with Crippen molar-refractivity contribution in [3.05, 3.63) is 29.3 Å². The first-order chi connectivity index (χ1) is 10.2. The zero-order valence-corrected chi connectivity index (χ0v) is 12.2. The number of hydrogen-bond donors (Lipinski definition) is 2. The first-order valence-electron chi connectivity index (χ1n) is 7.46. The van der Waals surface area contributed by atoms with E-state index in [1.165, 1.54) is 7.11 Å². The maximum atomic E-state index is 11.7. The molecular weight excluding hydrogens is 270 g/mol. The third kappa shape index (κ3) is 2.63. The van der Waals surface area contributed by atoms with Gasteiger partial charge in [0.25, 0.3) is 0 Å². The van der Waals surface area contributed by atoms with Crippen molar-refractivity contribution < 1.29 is 19.4 Å². The van der Waals surface area contributed by atoms with Crippen LogP contribution in [0.15, 0.2) is 18.2 Å². The van der Waals surface area contributed by atoms with Crippen LogP contribution in [0, 0.1) is 5.92 Å². The van der Waals surface area contributed by atoms with E-state index in [2.05, 4.69) is 5.32 Å². The average molecular weight is 291 g/mol. The lowest BCUT2D eigenvalue weighted by atomic mass is 9.82. The lowest BCUT2D eigenvalue weighted by Crippen LogP contribution is -2.36. The Morgan fingerprint density at radius 1 is 1.52 bits per heavy atom. The van der Waals surface area contributed by atoms with Crippen molar-refractivity contribution in [3.63, 3.8) is 0 Å². The van der Waals surface area contributed by atoms with Crippen molar-refractivity contribution in [3.8, 4) is 0 Å². The molecule has 1 saturated heterocycles. The minimum absolute atomic E-state index is 0.0366. The van der Waals surface area contributed by atoms with Gasteiger partial charge >= 0.3 is 5.97 Å². The molecule has 2 N–H and O–H groups in total. The molecule has 3 rings (SSSR count). The van der Waals surface area contributed by atoms with Gasteiger partial charge in [-0.05, 0) is 37.5 Å². The van der Waals surface area contributed by atoms with Crippen molar-refractivity contribution >= 4 is 11.7 Å². The average Bonchev–Trinajstić information content (AvgIpc) is 3.01. The second-order valence-electron chi connectivity index (χ2n) is 5.65. The van der Waals surface area contributed by atoms with Gasteiger partial charge in [-0.15, -0.1) is 0 Å². The second kappa shape index (κ2) is 6.03. The van der Waals surface area contributed by atoms with Crippen LogP contribution in [-0.4, -0.2) is 37.4 Å². The Kier molecular flexibility index (Phi) is 4.12. The van der Waals surface area contributed by atoms with E-state index in [1.807, 2.05) is 12.1 Å². The van der Waals surface area contributed by atoms with E-state index in [4.69, 9.17) is 14.6 Å². The first-order valence-corrected chi connectivity index (χ1v) is 7.46. The molecule has 3 atom stereocenters. The molecule has 0 unspecified atom stereocenters. The van der Waals surface area contributed by atoms with Crippen LogP contribution >= 0.6 is 0 Å². The van der Waals surface area contributed by atoms with Gasteiger partial charge in [-0.1, -0.05) is 0 Å². The van der Waals surface area contributed by atoms with E-state index in [1.54, 1.807) is 6.07 Å². The largest absolute Gasteiger partial charge is 0.465 e. The van der Waals surface area contributed by atoms with Crippen LogP contribution in [0.4, 0.5) is 5.69 Å². The van der Waals surface area contributed by atoms with Gasteiger partial charge in [-0.25, -0.2) is 4.79 Å². The Morgan fingerprint density at radius 3 is 3.14 bits per heavy atom. The van der Waals surface area contributed by atoms with Gasteiger partial charge in [0.15, 0.2) is 0 Å². The van der Waals surface area contributed by atoms with Crippen molar-refractivity contribution in [1.29, 1.82) is 0 Å². The van der Waals surface area contributed by atoms with Gasteiger partial charge in [0, 0.05) is 36.4 Å². The van der Waals surface area contributed by atoms with Crippen LogP contribution in [0.2, 0.25) is 0 Å². The highest BCUT2D eigenvalue weighted by Gasteiger charge is 2.40. The van der Waals surface area contributed by atoms with Crippen molar-refractivity contribution in [2.75, 3.05) is 25.6 Å². The molecule has 0 bridgehead atoms. The predicted molar refractivity (Wildman–Crippen MR) is 78.3 cm³/mol. The summed E-state index contributed by atoms with van der Waals surface area (Å²) < 4.78 is 10.7. The van der Waals surface area contributed by atoms with Gasteiger partial charge in [0.2, 0.25) is 0 Å². The van der Waals surface area contributed by atoms with Crippen LogP contribution < -0.4 is 5.32 Å². The number of carbonyl (C=O) groups excluding carboxylic acids is 1. The zero-order chi connectivity index (χ0) is 14.8. The SMILES string of the molecule is COC(=O)c1ccc2c(c1)[C@H]1OCC[C@H]1[C@@H](CCCO)N2. The second-order valence-corrected chi connectivity index (χ2v) is 5.65. The molecular formula is C16H21NO4. The summed E-state index contributed by atoms with van der Waals surface area (Å²) in [6.07, 6.45) is 2.76. The maximum Gasteiger partial charge on any atom is 0.337 e. The van der Waals surface area contributed by atoms with E-state index in [0.717, 1.165) is 37.1 Å². The Bertz CT molecular complexity index is 531. The number of nitrogens with one attached hydrogen (secondary N) is 1. The highest BCUT2D eigenvalue weighted by molar-refractivity contribution is 5.90. The summed E-state index contributed by atoms with van der Waals surface area (Å²) in [7, 11) is 1.39. The Hall–Kier alpha value is -1.59. The number of fused-ring (bicyclic) bond motifs is 3. The molecule has 5 nitrogen and oxygen atoms in total. The number of ether oxygens (including phenoxy) is 2. The van der Waals surface area contributed by atoms with Gasteiger partial charge in [-0.3, -0.25) is 0 Å². The van der Waals surface area contributed by atoms with Crippen LogP contribution in [0.1, 0.15) is 41.3 Å². The van der Waals surface area contributed by atoms with Crippen molar-refractivity contribution in [1.82, 2.24) is 0 Å². The fourth-order valence-corrected chi connectivity index (χ4v) is 3.42. The quantitative estimate of drug-likeness (QED) is 0.832. The highest BCUT2D eigenvalue weighted by atomic mass is 16.5. The summed E-state index contributed by atoms with van der Waals surface area (Å²) in [6.45, 7) is 0.957. The van der Waals surface area contributed by atoms with E-state index in [0.29, 0.717) is 17.5 Å². The van der Waals surface area contributed by atoms with Crippen LogP contribution in [0.5, 0.6) is 0 Å².